The molecule has 2 aliphatic rings. The van der Waals surface area contributed by atoms with Gasteiger partial charge in [0.05, 0.1) is 0 Å². The molecule has 1 saturated carbocycles. The molecule has 92 valence electrons. The van der Waals surface area contributed by atoms with E-state index in [0.29, 0.717) is 0 Å². The predicted molar refractivity (Wildman–Crippen MR) is 63.3 cm³/mol. The number of hydrogen-bond acceptors (Lipinski definition) is 2. The van der Waals surface area contributed by atoms with Gasteiger partial charge in [0.2, 0.25) is 0 Å². The molecule has 0 amide bonds. The van der Waals surface area contributed by atoms with Crippen molar-refractivity contribution in [2.24, 2.45) is 17.8 Å². The van der Waals surface area contributed by atoms with Crippen molar-refractivity contribution in [3.8, 4) is 0 Å². The van der Waals surface area contributed by atoms with Gasteiger partial charge in [-0.05, 0) is 50.0 Å². The molecule has 0 aromatic heterocycles. The van der Waals surface area contributed by atoms with Crippen LogP contribution in [0, 0.1) is 17.8 Å². The zero-order valence-electron chi connectivity index (χ0n) is 10.1. The quantitative estimate of drug-likeness (QED) is 0.758. The molecule has 3 heteroatoms. The van der Waals surface area contributed by atoms with Gasteiger partial charge in [-0.25, -0.2) is 0 Å². The Kier molecular flexibility index (Phi) is 3.85. The van der Waals surface area contributed by atoms with E-state index in [1.54, 1.807) is 0 Å². The van der Waals surface area contributed by atoms with Crippen molar-refractivity contribution >= 4 is 5.97 Å². The monoisotopic (exact) mass is 225 g/mol. The highest BCUT2D eigenvalue weighted by Gasteiger charge is 2.31. The molecule has 0 aromatic carbocycles. The molecule has 1 aliphatic heterocycles. The van der Waals surface area contributed by atoms with Gasteiger partial charge in [-0.3, -0.25) is 4.79 Å². The molecule has 16 heavy (non-hydrogen) atoms. The molecule has 1 heterocycles. The molecule has 2 unspecified atom stereocenters. The van der Waals surface area contributed by atoms with Gasteiger partial charge in [-0.2, -0.15) is 0 Å². The summed E-state index contributed by atoms with van der Waals surface area (Å²) in [5.41, 5.74) is 0. The SMILES string of the molecule is CC1CCC(C2CCC(C(=O)O)NC2)CC1. The largest absolute Gasteiger partial charge is 0.480 e. The third-order valence-electron chi connectivity index (χ3n) is 4.48. The second-order valence-electron chi connectivity index (χ2n) is 5.66. The van der Waals surface area contributed by atoms with Crippen LogP contribution in [0.1, 0.15) is 45.4 Å². The Morgan fingerprint density at radius 3 is 2.19 bits per heavy atom. The van der Waals surface area contributed by atoms with E-state index in [9.17, 15) is 4.79 Å². The molecule has 0 spiro atoms. The first kappa shape index (κ1) is 11.9. The van der Waals surface area contributed by atoms with Crippen LogP contribution in [0.3, 0.4) is 0 Å². The number of carbonyl (C=O) groups is 1. The molecule has 0 radical (unpaired) electrons. The van der Waals surface area contributed by atoms with Gasteiger partial charge in [0.25, 0.3) is 0 Å². The second-order valence-corrected chi connectivity index (χ2v) is 5.66. The van der Waals surface area contributed by atoms with Crippen LogP contribution in [0.2, 0.25) is 0 Å². The second kappa shape index (κ2) is 5.17. The highest BCUT2D eigenvalue weighted by molar-refractivity contribution is 5.73. The van der Waals surface area contributed by atoms with E-state index in [-0.39, 0.29) is 6.04 Å². The van der Waals surface area contributed by atoms with Crippen LogP contribution >= 0.6 is 0 Å². The molecule has 0 aromatic rings. The highest BCUT2D eigenvalue weighted by Crippen LogP contribution is 2.36. The van der Waals surface area contributed by atoms with Crippen LogP contribution < -0.4 is 5.32 Å². The van der Waals surface area contributed by atoms with Crippen molar-refractivity contribution in [1.82, 2.24) is 5.32 Å². The minimum absolute atomic E-state index is 0.293. The van der Waals surface area contributed by atoms with E-state index < -0.39 is 5.97 Å². The topological polar surface area (TPSA) is 49.3 Å². The first-order valence-corrected chi connectivity index (χ1v) is 6.63. The van der Waals surface area contributed by atoms with Crippen molar-refractivity contribution in [1.29, 1.82) is 0 Å². The van der Waals surface area contributed by atoms with Gasteiger partial charge in [-0.1, -0.05) is 19.8 Å². The summed E-state index contributed by atoms with van der Waals surface area (Å²) in [6, 6.07) is -0.293. The summed E-state index contributed by atoms with van der Waals surface area (Å²) >= 11 is 0. The third kappa shape index (κ3) is 2.76. The number of hydrogen-bond donors (Lipinski definition) is 2. The fourth-order valence-corrected chi connectivity index (χ4v) is 3.25. The minimum Gasteiger partial charge on any atom is -0.480 e. The standard InChI is InChI=1S/C13H23NO2/c1-9-2-4-10(5-3-9)11-6-7-12(13(15)16)14-8-11/h9-12,14H,2-8H2,1H3,(H,15,16). The fraction of sp³-hybridized carbons (Fsp3) is 0.923. The van der Waals surface area contributed by atoms with Gasteiger partial charge in [0.1, 0.15) is 6.04 Å². The zero-order chi connectivity index (χ0) is 11.5. The summed E-state index contributed by atoms with van der Waals surface area (Å²) in [4.78, 5) is 10.8. The van der Waals surface area contributed by atoms with E-state index in [1.165, 1.54) is 25.7 Å². The molecule has 2 fully saturated rings. The maximum atomic E-state index is 10.8. The lowest BCUT2D eigenvalue weighted by Gasteiger charge is -2.36. The van der Waals surface area contributed by atoms with E-state index in [1.807, 2.05) is 0 Å². The Balaban J connectivity index is 1.78. The predicted octanol–water partition coefficient (Wildman–Crippen LogP) is 2.27. The number of piperidine rings is 1. The number of aliphatic carboxylic acids is 1. The summed E-state index contributed by atoms with van der Waals surface area (Å²) < 4.78 is 0. The van der Waals surface area contributed by atoms with Gasteiger partial charge >= 0.3 is 5.97 Å². The number of nitrogens with one attached hydrogen (secondary N) is 1. The van der Waals surface area contributed by atoms with Crippen LogP contribution in [0.25, 0.3) is 0 Å². The Labute approximate surface area is 97.6 Å². The summed E-state index contributed by atoms with van der Waals surface area (Å²) in [6.07, 6.45) is 7.35. The van der Waals surface area contributed by atoms with E-state index >= 15 is 0 Å². The smallest absolute Gasteiger partial charge is 0.320 e. The van der Waals surface area contributed by atoms with E-state index in [4.69, 9.17) is 5.11 Å². The fourth-order valence-electron chi connectivity index (χ4n) is 3.25. The van der Waals surface area contributed by atoms with Crippen LogP contribution in [-0.2, 0) is 4.79 Å². The third-order valence-corrected chi connectivity index (χ3v) is 4.48. The normalized spacial score (nSPS) is 40.6. The Bertz CT molecular complexity index is 238. The lowest BCUT2D eigenvalue weighted by atomic mass is 9.73. The number of carboxylic acid groups (broad SMARTS) is 1. The molecule has 1 saturated heterocycles. The summed E-state index contributed by atoms with van der Waals surface area (Å²) in [7, 11) is 0. The van der Waals surface area contributed by atoms with Gasteiger partial charge in [0, 0.05) is 0 Å². The maximum Gasteiger partial charge on any atom is 0.320 e. The van der Waals surface area contributed by atoms with Crippen LogP contribution in [0.5, 0.6) is 0 Å². The summed E-state index contributed by atoms with van der Waals surface area (Å²) in [5.74, 6) is 1.79. The maximum absolute atomic E-state index is 10.8. The van der Waals surface area contributed by atoms with Crippen molar-refractivity contribution < 1.29 is 9.90 Å². The molecule has 2 N–H and O–H groups in total. The van der Waals surface area contributed by atoms with Crippen LogP contribution in [-0.4, -0.2) is 23.7 Å². The molecular weight excluding hydrogens is 202 g/mol. The Morgan fingerprint density at radius 1 is 1.06 bits per heavy atom. The summed E-state index contributed by atoms with van der Waals surface area (Å²) in [6.45, 7) is 3.26. The zero-order valence-corrected chi connectivity index (χ0v) is 10.1. The first-order chi connectivity index (χ1) is 7.66. The summed E-state index contributed by atoms with van der Waals surface area (Å²) in [5, 5.41) is 12.1. The number of carboxylic acids is 1. The van der Waals surface area contributed by atoms with Gasteiger partial charge in [0.15, 0.2) is 0 Å². The van der Waals surface area contributed by atoms with E-state index in [0.717, 1.165) is 37.1 Å². The van der Waals surface area contributed by atoms with E-state index in [2.05, 4.69) is 12.2 Å². The Hall–Kier alpha value is -0.570. The van der Waals surface area contributed by atoms with Crippen molar-refractivity contribution in [3.63, 3.8) is 0 Å². The average molecular weight is 225 g/mol. The van der Waals surface area contributed by atoms with Crippen molar-refractivity contribution in [3.05, 3.63) is 0 Å². The average Bonchev–Trinajstić information content (AvgIpc) is 2.30. The molecular formula is C13H23NO2. The minimum atomic E-state index is -0.685. The van der Waals surface area contributed by atoms with Crippen LogP contribution in [0.4, 0.5) is 0 Å². The molecule has 2 rings (SSSR count). The van der Waals surface area contributed by atoms with Crippen molar-refractivity contribution in [2.75, 3.05) is 6.54 Å². The lowest BCUT2D eigenvalue weighted by molar-refractivity contribution is -0.140. The molecule has 1 aliphatic carbocycles. The number of rotatable bonds is 2. The first-order valence-electron chi connectivity index (χ1n) is 6.63. The van der Waals surface area contributed by atoms with Crippen molar-refractivity contribution in [2.45, 2.75) is 51.5 Å². The van der Waals surface area contributed by atoms with Gasteiger partial charge in [-0.15, -0.1) is 0 Å². The highest BCUT2D eigenvalue weighted by atomic mass is 16.4. The lowest BCUT2D eigenvalue weighted by Crippen LogP contribution is -2.46. The molecule has 3 nitrogen and oxygen atoms in total. The van der Waals surface area contributed by atoms with Gasteiger partial charge < -0.3 is 10.4 Å². The molecule has 0 bridgehead atoms. The van der Waals surface area contributed by atoms with Crippen LogP contribution in [0.15, 0.2) is 0 Å². The molecule has 2 atom stereocenters. The Morgan fingerprint density at radius 2 is 1.69 bits per heavy atom.